The van der Waals surface area contributed by atoms with Crippen molar-refractivity contribution < 1.29 is 23.6 Å². The molecule has 3 rings (SSSR count). The highest BCUT2D eigenvalue weighted by Crippen LogP contribution is 2.38. The number of aromatic amines is 1. The van der Waals surface area contributed by atoms with Gasteiger partial charge in [-0.05, 0) is 12.8 Å². The van der Waals surface area contributed by atoms with Gasteiger partial charge in [-0.25, -0.2) is 14.2 Å². The zero-order chi connectivity index (χ0) is 15.0. The van der Waals surface area contributed by atoms with Crippen LogP contribution in [0.4, 0.5) is 0 Å². The van der Waals surface area contributed by atoms with Gasteiger partial charge >= 0.3 is 7.82 Å². The van der Waals surface area contributed by atoms with Gasteiger partial charge in [-0.3, -0.25) is 9.32 Å². The van der Waals surface area contributed by atoms with Gasteiger partial charge < -0.3 is 19.5 Å². The Hall–Kier alpha value is -1.58. The van der Waals surface area contributed by atoms with Crippen molar-refractivity contribution in [3.8, 4) is 0 Å². The molecular formula is C10H13N4O6P. The van der Waals surface area contributed by atoms with Gasteiger partial charge in [0, 0.05) is 0 Å². The molecule has 21 heavy (non-hydrogen) atoms. The van der Waals surface area contributed by atoms with Crippen LogP contribution in [0.15, 0.2) is 17.3 Å². The van der Waals surface area contributed by atoms with Crippen LogP contribution >= 0.6 is 7.82 Å². The normalized spacial score (nSPS) is 23.0. The average Bonchev–Trinajstić information content (AvgIpc) is 3.02. The van der Waals surface area contributed by atoms with Crippen LogP contribution in [-0.2, 0) is 13.8 Å². The maximum absolute atomic E-state index is 11.6. The average molecular weight is 316 g/mol. The molecule has 0 amide bonds. The zero-order valence-electron chi connectivity index (χ0n) is 10.7. The second-order valence-electron chi connectivity index (χ2n) is 4.63. The lowest BCUT2D eigenvalue weighted by atomic mass is 10.2. The highest BCUT2D eigenvalue weighted by atomic mass is 31.2. The topological polar surface area (TPSA) is 140 Å². The van der Waals surface area contributed by atoms with Crippen molar-refractivity contribution in [1.82, 2.24) is 19.7 Å². The summed E-state index contributed by atoms with van der Waals surface area (Å²) in [5, 5.41) is 4.45. The van der Waals surface area contributed by atoms with Crippen molar-refractivity contribution >= 4 is 18.9 Å². The molecule has 2 atom stereocenters. The Labute approximate surface area is 118 Å². The highest BCUT2D eigenvalue weighted by molar-refractivity contribution is 7.46. The molecule has 114 valence electrons. The lowest BCUT2D eigenvalue weighted by molar-refractivity contribution is -0.0259. The molecule has 0 unspecified atom stereocenters. The summed E-state index contributed by atoms with van der Waals surface area (Å²) in [5.74, 6) is 0. The third kappa shape index (κ3) is 3.04. The molecule has 1 aliphatic heterocycles. The number of fused-ring (bicyclic) bond motifs is 1. The number of H-pyrrole nitrogens is 1. The predicted octanol–water partition coefficient (Wildman–Crippen LogP) is -0.0935. The Kier molecular flexibility index (Phi) is 3.64. The first-order chi connectivity index (χ1) is 9.94. The molecule has 0 bridgehead atoms. The van der Waals surface area contributed by atoms with E-state index in [2.05, 4.69) is 19.6 Å². The van der Waals surface area contributed by atoms with E-state index in [1.54, 1.807) is 0 Å². The summed E-state index contributed by atoms with van der Waals surface area (Å²) in [6, 6.07) is 0. The van der Waals surface area contributed by atoms with Crippen LogP contribution in [0.2, 0.25) is 0 Å². The summed E-state index contributed by atoms with van der Waals surface area (Å²) >= 11 is 0. The molecule has 1 aliphatic rings. The van der Waals surface area contributed by atoms with E-state index in [1.807, 2.05) is 0 Å². The van der Waals surface area contributed by atoms with E-state index in [9.17, 15) is 9.36 Å². The van der Waals surface area contributed by atoms with Gasteiger partial charge in [0.15, 0.2) is 11.9 Å². The molecule has 3 heterocycles. The Bertz CT molecular complexity index is 751. The van der Waals surface area contributed by atoms with Crippen molar-refractivity contribution in [3.05, 3.63) is 22.9 Å². The molecule has 2 aromatic heterocycles. The quantitative estimate of drug-likeness (QED) is 0.665. The molecule has 0 spiro atoms. The number of nitrogens with zero attached hydrogens (tertiary/aromatic N) is 3. The summed E-state index contributed by atoms with van der Waals surface area (Å²) < 4.78 is 22.2. The fraction of sp³-hybridized carbons (Fsp3) is 0.500. The maximum Gasteiger partial charge on any atom is 0.469 e. The Balaban J connectivity index is 1.75. The molecule has 0 saturated carbocycles. The number of hydrogen-bond donors (Lipinski definition) is 3. The van der Waals surface area contributed by atoms with E-state index in [0.29, 0.717) is 23.9 Å². The summed E-state index contributed by atoms with van der Waals surface area (Å²) in [6.45, 7) is -0.200. The Morgan fingerprint density at radius 3 is 3.10 bits per heavy atom. The van der Waals surface area contributed by atoms with E-state index in [0.717, 1.165) is 0 Å². The van der Waals surface area contributed by atoms with E-state index in [-0.39, 0.29) is 12.2 Å². The van der Waals surface area contributed by atoms with Crippen molar-refractivity contribution in [2.75, 3.05) is 6.61 Å². The molecule has 11 heteroatoms. The van der Waals surface area contributed by atoms with Crippen molar-refractivity contribution in [2.45, 2.75) is 25.2 Å². The monoisotopic (exact) mass is 316 g/mol. The summed E-state index contributed by atoms with van der Waals surface area (Å²) in [5.41, 5.74) is 0.117. The van der Waals surface area contributed by atoms with Gasteiger partial charge in [-0.2, -0.15) is 5.10 Å². The first-order valence-corrected chi connectivity index (χ1v) is 7.73. The number of phosphoric ester groups is 1. The van der Waals surface area contributed by atoms with Crippen LogP contribution in [0.5, 0.6) is 0 Å². The zero-order valence-corrected chi connectivity index (χ0v) is 11.6. The number of ether oxygens (including phenoxy) is 1. The van der Waals surface area contributed by atoms with Crippen LogP contribution in [0.1, 0.15) is 19.1 Å². The van der Waals surface area contributed by atoms with Crippen LogP contribution in [0.25, 0.3) is 11.0 Å². The molecule has 0 radical (unpaired) electrons. The summed E-state index contributed by atoms with van der Waals surface area (Å²) in [4.78, 5) is 35.4. The van der Waals surface area contributed by atoms with E-state index >= 15 is 0 Å². The molecule has 1 saturated heterocycles. The maximum atomic E-state index is 11.6. The van der Waals surface area contributed by atoms with E-state index in [1.165, 1.54) is 17.2 Å². The van der Waals surface area contributed by atoms with Crippen molar-refractivity contribution in [2.24, 2.45) is 0 Å². The summed E-state index contributed by atoms with van der Waals surface area (Å²) in [6.07, 6.45) is 2.96. The van der Waals surface area contributed by atoms with E-state index in [4.69, 9.17) is 14.5 Å². The number of aromatic nitrogens is 4. The van der Waals surface area contributed by atoms with Crippen LogP contribution < -0.4 is 5.56 Å². The second-order valence-corrected chi connectivity index (χ2v) is 5.87. The molecular weight excluding hydrogens is 303 g/mol. The van der Waals surface area contributed by atoms with Gasteiger partial charge in [-0.15, -0.1) is 0 Å². The largest absolute Gasteiger partial charge is 0.469 e. The van der Waals surface area contributed by atoms with Crippen LogP contribution in [0, 0.1) is 0 Å². The van der Waals surface area contributed by atoms with Gasteiger partial charge in [0.2, 0.25) is 0 Å². The first-order valence-electron chi connectivity index (χ1n) is 6.20. The van der Waals surface area contributed by atoms with Gasteiger partial charge in [0.25, 0.3) is 5.56 Å². The molecule has 0 aliphatic carbocycles. The standard InChI is InChI=1S/C10H13N4O6P/c15-10-7-3-13-14(9(7)11-5-12-10)8-2-1-6(20-8)4-19-21(16,17)18/h3,5-6,8H,1-2,4H2,(H,11,12,15)(H2,16,17,18)/t6-,8+/m0/s1. The number of hydrogen-bond acceptors (Lipinski definition) is 6. The smallest absolute Gasteiger partial charge is 0.351 e. The molecule has 1 fully saturated rings. The number of nitrogens with one attached hydrogen (secondary N) is 1. The minimum absolute atomic E-state index is 0.200. The van der Waals surface area contributed by atoms with Crippen molar-refractivity contribution in [1.29, 1.82) is 0 Å². The van der Waals surface area contributed by atoms with Gasteiger partial charge in [0.05, 0.1) is 25.2 Å². The number of rotatable bonds is 4. The SMILES string of the molecule is O=c1[nH]cnc2c1cnn2[C@H]1CC[C@@H](COP(=O)(O)O)O1. The highest BCUT2D eigenvalue weighted by Gasteiger charge is 2.30. The minimum Gasteiger partial charge on any atom is -0.351 e. The predicted molar refractivity (Wildman–Crippen MR) is 69.3 cm³/mol. The Morgan fingerprint density at radius 1 is 1.52 bits per heavy atom. The minimum atomic E-state index is -4.50. The lowest BCUT2D eigenvalue weighted by Crippen LogP contribution is -2.17. The van der Waals surface area contributed by atoms with Gasteiger partial charge in [-0.1, -0.05) is 0 Å². The van der Waals surface area contributed by atoms with Crippen LogP contribution in [-0.4, -0.2) is 42.2 Å². The third-order valence-corrected chi connectivity index (χ3v) is 3.67. The van der Waals surface area contributed by atoms with Gasteiger partial charge in [0.1, 0.15) is 5.39 Å². The molecule has 2 aromatic rings. The molecule has 0 aromatic carbocycles. The first kappa shape index (κ1) is 14.4. The lowest BCUT2D eigenvalue weighted by Gasteiger charge is -2.14. The fourth-order valence-electron chi connectivity index (χ4n) is 2.25. The van der Waals surface area contributed by atoms with Crippen molar-refractivity contribution in [3.63, 3.8) is 0 Å². The molecule has 10 nitrogen and oxygen atoms in total. The molecule has 3 N–H and O–H groups in total. The number of phosphoric acid groups is 1. The summed E-state index contributed by atoms with van der Waals surface area (Å²) in [7, 11) is -4.50. The second kappa shape index (κ2) is 5.32. The third-order valence-electron chi connectivity index (χ3n) is 3.18. The van der Waals surface area contributed by atoms with E-state index < -0.39 is 20.2 Å². The Morgan fingerprint density at radius 2 is 2.33 bits per heavy atom. The fourth-order valence-corrected chi connectivity index (χ4v) is 2.62. The van der Waals surface area contributed by atoms with Crippen LogP contribution in [0.3, 0.4) is 0 Å².